The van der Waals surface area contributed by atoms with Crippen LogP contribution in [0, 0.1) is 0 Å². The minimum Gasteiger partial charge on any atom is -0.493 e. The van der Waals surface area contributed by atoms with Gasteiger partial charge in [-0.15, -0.1) is 0 Å². The van der Waals surface area contributed by atoms with Gasteiger partial charge in [0.2, 0.25) is 5.95 Å². The van der Waals surface area contributed by atoms with Gasteiger partial charge in [-0.25, -0.2) is 4.98 Å². The summed E-state index contributed by atoms with van der Waals surface area (Å²) >= 11 is 0. The van der Waals surface area contributed by atoms with Crippen LogP contribution in [0.25, 0.3) is 0 Å². The highest BCUT2D eigenvalue weighted by Gasteiger charge is 2.21. The van der Waals surface area contributed by atoms with Crippen molar-refractivity contribution in [1.29, 1.82) is 0 Å². The Hall–Kier alpha value is -2.50. The van der Waals surface area contributed by atoms with Gasteiger partial charge >= 0.3 is 0 Å². The SMILES string of the molecule is CCCCNc1ccnc(N2CCc3cc(OC)c(OC)cc3C2)n1. The molecular weight excluding hydrogens is 316 g/mol. The van der Waals surface area contributed by atoms with Gasteiger partial charge in [0.25, 0.3) is 0 Å². The van der Waals surface area contributed by atoms with Crippen molar-refractivity contribution in [1.82, 2.24) is 9.97 Å². The summed E-state index contributed by atoms with van der Waals surface area (Å²) in [7, 11) is 3.34. The molecule has 1 aromatic heterocycles. The Morgan fingerprint density at radius 1 is 1.16 bits per heavy atom. The summed E-state index contributed by atoms with van der Waals surface area (Å²) < 4.78 is 10.8. The summed E-state index contributed by atoms with van der Waals surface area (Å²) in [6.45, 7) is 4.78. The fourth-order valence-corrected chi connectivity index (χ4v) is 3.05. The monoisotopic (exact) mass is 342 g/mol. The van der Waals surface area contributed by atoms with Crippen LogP contribution in [0.4, 0.5) is 11.8 Å². The van der Waals surface area contributed by atoms with E-state index in [-0.39, 0.29) is 0 Å². The first-order valence-electron chi connectivity index (χ1n) is 8.80. The summed E-state index contributed by atoms with van der Waals surface area (Å²) in [5.74, 6) is 3.20. The van der Waals surface area contributed by atoms with Gasteiger partial charge in [0.05, 0.1) is 14.2 Å². The van der Waals surface area contributed by atoms with Gasteiger partial charge in [-0.3, -0.25) is 0 Å². The van der Waals surface area contributed by atoms with E-state index >= 15 is 0 Å². The predicted octanol–water partition coefficient (Wildman–Crippen LogP) is 3.27. The molecule has 0 aliphatic carbocycles. The van der Waals surface area contributed by atoms with Crippen molar-refractivity contribution in [2.75, 3.05) is 37.5 Å². The number of nitrogens with zero attached hydrogens (tertiary/aromatic N) is 3. The van der Waals surface area contributed by atoms with Crippen LogP contribution < -0.4 is 19.7 Å². The summed E-state index contributed by atoms with van der Waals surface area (Å²) in [6, 6.07) is 6.06. The van der Waals surface area contributed by atoms with Gasteiger partial charge in [-0.1, -0.05) is 13.3 Å². The van der Waals surface area contributed by atoms with Gasteiger partial charge in [0, 0.05) is 25.8 Å². The van der Waals surface area contributed by atoms with E-state index in [1.165, 1.54) is 17.5 Å². The van der Waals surface area contributed by atoms with E-state index < -0.39 is 0 Å². The minimum absolute atomic E-state index is 0.763. The number of nitrogens with one attached hydrogen (secondary N) is 1. The molecule has 25 heavy (non-hydrogen) atoms. The maximum absolute atomic E-state index is 5.43. The molecule has 0 unspecified atom stereocenters. The third-order valence-electron chi connectivity index (χ3n) is 4.48. The summed E-state index contributed by atoms with van der Waals surface area (Å²) in [4.78, 5) is 11.3. The molecular formula is C19H26N4O2. The van der Waals surface area contributed by atoms with Crippen LogP contribution >= 0.6 is 0 Å². The van der Waals surface area contributed by atoms with E-state index in [0.717, 1.165) is 55.7 Å². The summed E-state index contributed by atoms with van der Waals surface area (Å²) in [5, 5.41) is 3.36. The lowest BCUT2D eigenvalue weighted by atomic mass is 9.99. The zero-order chi connectivity index (χ0) is 17.6. The smallest absolute Gasteiger partial charge is 0.227 e. The topological polar surface area (TPSA) is 59.5 Å². The van der Waals surface area contributed by atoms with Gasteiger partial charge in [0.1, 0.15) is 5.82 Å². The Kier molecular flexibility index (Phi) is 5.58. The van der Waals surface area contributed by atoms with Crippen LogP contribution in [0.1, 0.15) is 30.9 Å². The van der Waals surface area contributed by atoms with Crippen LogP contribution in [-0.2, 0) is 13.0 Å². The van der Waals surface area contributed by atoms with Crippen molar-refractivity contribution in [3.8, 4) is 11.5 Å². The third-order valence-corrected chi connectivity index (χ3v) is 4.48. The molecule has 0 spiro atoms. The van der Waals surface area contributed by atoms with Crippen LogP contribution in [0.2, 0.25) is 0 Å². The van der Waals surface area contributed by atoms with Crippen LogP contribution in [0.5, 0.6) is 11.5 Å². The number of hydrogen-bond donors (Lipinski definition) is 1. The Labute approximate surface area is 149 Å². The number of ether oxygens (including phenoxy) is 2. The number of anilines is 2. The number of fused-ring (bicyclic) bond motifs is 1. The first-order valence-corrected chi connectivity index (χ1v) is 8.80. The van der Waals surface area contributed by atoms with Crippen molar-refractivity contribution in [3.05, 3.63) is 35.5 Å². The van der Waals surface area contributed by atoms with Gasteiger partial charge in [-0.05, 0) is 42.2 Å². The molecule has 0 bridgehead atoms. The average Bonchev–Trinajstić information content (AvgIpc) is 2.67. The standard InChI is InChI=1S/C19H26N4O2/c1-4-5-8-20-18-6-9-21-19(22-18)23-10-7-14-11-16(24-2)17(25-3)12-15(14)13-23/h6,9,11-12H,4-5,7-8,10,13H2,1-3H3,(H,20,21,22). The zero-order valence-corrected chi connectivity index (χ0v) is 15.2. The lowest BCUT2D eigenvalue weighted by Gasteiger charge is -2.29. The first kappa shape index (κ1) is 17.3. The largest absolute Gasteiger partial charge is 0.493 e. The van der Waals surface area contributed by atoms with Crippen LogP contribution in [0.3, 0.4) is 0 Å². The zero-order valence-electron chi connectivity index (χ0n) is 15.2. The summed E-state index contributed by atoms with van der Waals surface area (Å²) in [6.07, 6.45) is 5.06. The highest BCUT2D eigenvalue weighted by molar-refractivity contribution is 5.51. The molecule has 0 fully saturated rings. The molecule has 2 heterocycles. The van der Waals surface area contributed by atoms with Gasteiger partial charge in [0.15, 0.2) is 11.5 Å². The average molecular weight is 342 g/mol. The van der Waals surface area contributed by atoms with E-state index in [2.05, 4.69) is 39.2 Å². The highest BCUT2D eigenvalue weighted by Crippen LogP contribution is 2.33. The Balaban J connectivity index is 1.77. The van der Waals surface area contributed by atoms with E-state index in [1.807, 2.05) is 12.3 Å². The third kappa shape index (κ3) is 3.95. The first-order chi connectivity index (χ1) is 12.2. The fourth-order valence-electron chi connectivity index (χ4n) is 3.05. The molecule has 0 saturated carbocycles. The Morgan fingerprint density at radius 3 is 2.64 bits per heavy atom. The highest BCUT2D eigenvalue weighted by atomic mass is 16.5. The molecule has 0 amide bonds. The molecule has 6 nitrogen and oxygen atoms in total. The molecule has 2 aromatic rings. The fraction of sp³-hybridized carbons (Fsp3) is 0.474. The summed E-state index contributed by atoms with van der Waals surface area (Å²) in [5.41, 5.74) is 2.53. The second-order valence-corrected chi connectivity index (χ2v) is 6.17. The molecule has 134 valence electrons. The number of methoxy groups -OCH3 is 2. The maximum Gasteiger partial charge on any atom is 0.227 e. The lowest BCUT2D eigenvalue weighted by molar-refractivity contribution is 0.353. The van der Waals surface area contributed by atoms with Crippen LogP contribution in [0.15, 0.2) is 24.4 Å². The minimum atomic E-state index is 0.763. The second-order valence-electron chi connectivity index (χ2n) is 6.17. The number of benzene rings is 1. The van der Waals surface area contributed by atoms with Crippen molar-refractivity contribution in [2.45, 2.75) is 32.7 Å². The Morgan fingerprint density at radius 2 is 1.92 bits per heavy atom. The van der Waals surface area contributed by atoms with Gasteiger partial charge < -0.3 is 19.7 Å². The lowest BCUT2D eigenvalue weighted by Crippen LogP contribution is -2.32. The number of unbranched alkanes of at least 4 members (excludes halogenated alkanes) is 1. The Bertz CT molecular complexity index is 721. The maximum atomic E-state index is 5.43. The quantitative estimate of drug-likeness (QED) is 0.779. The molecule has 1 aromatic carbocycles. The number of rotatable bonds is 7. The second kappa shape index (κ2) is 8.05. The van der Waals surface area contributed by atoms with Gasteiger partial charge in [-0.2, -0.15) is 4.98 Å². The molecule has 1 N–H and O–H groups in total. The molecule has 1 aliphatic heterocycles. The van der Waals surface area contributed by atoms with E-state index in [0.29, 0.717) is 0 Å². The normalized spacial score (nSPS) is 13.3. The van der Waals surface area contributed by atoms with E-state index in [9.17, 15) is 0 Å². The molecule has 0 saturated heterocycles. The molecule has 0 atom stereocenters. The number of hydrogen-bond acceptors (Lipinski definition) is 6. The van der Waals surface area contributed by atoms with Crippen molar-refractivity contribution < 1.29 is 9.47 Å². The molecule has 1 aliphatic rings. The molecule has 6 heteroatoms. The molecule has 0 radical (unpaired) electrons. The van der Waals surface area contributed by atoms with Crippen LogP contribution in [-0.4, -0.2) is 37.3 Å². The van der Waals surface area contributed by atoms with E-state index in [1.54, 1.807) is 14.2 Å². The van der Waals surface area contributed by atoms with Crippen molar-refractivity contribution in [3.63, 3.8) is 0 Å². The molecule has 3 rings (SSSR count). The van der Waals surface area contributed by atoms with E-state index in [4.69, 9.17) is 9.47 Å². The predicted molar refractivity (Wildman–Crippen MR) is 99.7 cm³/mol. The number of aromatic nitrogens is 2. The van der Waals surface area contributed by atoms with Crippen molar-refractivity contribution >= 4 is 11.8 Å². The van der Waals surface area contributed by atoms with Crippen molar-refractivity contribution in [2.24, 2.45) is 0 Å².